The summed E-state index contributed by atoms with van der Waals surface area (Å²) in [5.74, 6) is 0.145. The van der Waals surface area contributed by atoms with Gasteiger partial charge in [0, 0.05) is 25.2 Å². The Kier molecular flexibility index (Phi) is 8.77. The molecule has 6 heteroatoms. The molecule has 3 rings (SSSR count). The molecule has 0 bridgehead atoms. The minimum Gasteiger partial charge on any atom is -0.465 e. The molecule has 0 aromatic heterocycles. The van der Waals surface area contributed by atoms with Crippen LogP contribution in [0, 0.1) is 5.92 Å². The van der Waals surface area contributed by atoms with E-state index in [2.05, 4.69) is 4.90 Å². The van der Waals surface area contributed by atoms with Crippen molar-refractivity contribution in [2.24, 2.45) is 5.92 Å². The number of benzene rings is 2. The van der Waals surface area contributed by atoms with Crippen LogP contribution in [0.25, 0.3) is 0 Å². The smallest absolute Gasteiger partial charge is 0.339 e. The van der Waals surface area contributed by atoms with Crippen molar-refractivity contribution in [1.29, 1.82) is 0 Å². The average Bonchev–Trinajstić information content (AvgIpc) is 2.81. The maximum absolute atomic E-state index is 11.9. The second kappa shape index (κ2) is 11.8. The number of methoxy groups -OCH3 is 1. The van der Waals surface area contributed by atoms with Crippen LogP contribution in [0.2, 0.25) is 5.02 Å². The summed E-state index contributed by atoms with van der Waals surface area (Å²) in [4.78, 5) is 25.9. The number of hydrogen-bond donors (Lipinski definition) is 0. The van der Waals surface area contributed by atoms with E-state index < -0.39 is 5.97 Å². The van der Waals surface area contributed by atoms with Gasteiger partial charge in [0.2, 0.25) is 0 Å². The number of halogens is 1. The fourth-order valence-corrected chi connectivity index (χ4v) is 4.22. The molecule has 31 heavy (non-hydrogen) atoms. The van der Waals surface area contributed by atoms with E-state index in [0.29, 0.717) is 29.5 Å². The summed E-state index contributed by atoms with van der Waals surface area (Å²) in [6, 6.07) is 15.3. The molecule has 1 heterocycles. The van der Waals surface area contributed by atoms with Gasteiger partial charge < -0.3 is 14.4 Å². The Balaban J connectivity index is 1.33. The van der Waals surface area contributed by atoms with Crippen molar-refractivity contribution >= 4 is 29.2 Å². The third kappa shape index (κ3) is 7.00. The SMILES string of the molecule is COC(=O)c1ccc(N2CCC(CCCCC(=O)OCc3ccccc3)CC2)cc1Cl. The van der Waals surface area contributed by atoms with Crippen LogP contribution in [0.1, 0.15) is 54.4 Å². The highest BCUT2D eigenvalue weighted by atomic mass is 35.5. The lowest BCUT2D eigenvalue weighted by Gasteiger charge is -2.34. The van der Waals surface area contributed by atoms with E-state index in [0.717, 1.165) is 56.4 Å². The van der Waals surface area contributed by atoms with Gasteiger partial charge in [0.15, 0.2) is 0 Å². The number of anilines is 1. The van der Waals surface area contributed by atoms with Gasteiger partial charge in [0.1, 0.15) is 6.61 Å². The van der Waals surface area contributed by atoms with Crippen molar-refractivity contribution in [3.05, 3.63) is 64.7 Å². The summed E-state index contributed by atoms with van der Waals surface area (Å²) in [6.45, 7) is 2.29. The van der Waals surface area contributed by atoms with Crippen LogP contribution < -0.4 is 4.90 Å². The molecule has 0 atom stereocenters. The van der Waals surface area contributed by atoms with E-state index in [4.69, 9.17) is 21.1 Å². The van der Waals surface area contributed by atoms with Crippen LogP contribution in [0.15, 0.2) is 48.5 Å². The van der Waals surface area contributed by atoms with Crippen molar-refractivity contribution < 1.29 is 19.1 Å². The number of piperidine rings is 1. The molecule has 0 aliphatic carbocycles. The van der Waals surface area contributed by atoms with Crippen molar-refractivity contribution in [1.82, 2.24) is 0 Å². The maximum Gasteiger partial charge on any atom is 0.339 e. The van der Waals surface area contributed by atoms with Crippen molar-refractivity contribution in [3.63, 3.8) is 0 Å². The van der Waals surface area contributed by atoms with Crippen molar-refractivity contribution in [2.45, 2.75) is 45.1 Å². The largest absolute Gasteiger partial charge is 0.465 e. The van der Waals surface area contributed by atoms with Crippen molar-refractivity contribution in [3.8, 4) is 0 Å². The number of hydrogen-bond acceptors (Lipinski definition) is 5. The highest BCUT2D eigenvalue weighted by Crippen LogP contribution is 2.29. The summed E-state index contributed by atoms with van der Waals surface area (Å²) in [5.41, 5.74) is 2.45. The second-order valence-corrected chi connectivity index (χ2v) is 8.39. The first-order chi connectivity index (χ1) is 15.1. The molecule has 0 unspecified atom stereocenters. The Morgan fingerprint density at radius 2 is 1.81 bits per heavy atom. The lowest BCUT2D eigenvalue weighted by Crippen LogP contribution is -2.33. The normalized spacial score (nSPS) is 14.3. The number of carbonyl (C=O) groups excluding carboxylic acids is 2. The molecule has 0 N–H and O–H groups in total. The van der Waals surface area contributed by atoms with Gasteiger partial charge >= 0.3 is 11.9 Å². The van der Waals surface area contributed by atoms with E-state index in [1.165, 1.54) is 7.11 Å². The Morgan fingerprint density at radius 3 is 2.48 bits per heavy atom. The Hall–Kier alpha value is -2.53. The molecule has 2 aromatic rings. The van der Waals surface area contributed by atoms with Crippen LogP contribution in [-0.2, 0) is 20.9 Å². The van der Waals surface area contributed by atoms with Crippen LogP contribution in [-0.4, -0.2) is 32.1 Å². The highest BCUT2D eigenvalue weighted by molar-refractivity contribution is 6.33. The van der Waals surface area contributed by atoms with Gasteiger partial charge in [-0.3, -0.25) is 4.79 Å². The number of ether oxygens (including phenoxy) is 2. The van der Waals surface area contributed by atoms with Gasteiger partial charge in [-0.25, -0.2) is 4.79 Å². The Bertz CT molecular complexity index is 863. The van der Waals surface area contributed by atoms with E-state index in [1.54, 1.807) is 6.07 Å². The molecule has 1 aliphatic heterocycles. The van der Waals surface area contributed by atoms with Gasteiger partial charge in [-0.2, -0.15) is 0 Å². The number of carbonyl (C=O) groups is 2. The third-order valence-corrected chi connectivity index (χ3v) is 6.14. The molecule has 0 radical (unpaired) electrons. The number of nitrogens with zero attached hydrogens (tertiary/aromatic N) is 1. The van der Waals surface area contributed by atoms with Gasteiger partial charge in [-0.1, -0.05) is 54.8 Å². The van der Waals surface area contributed by atoms with Gasteiger partial charge in [-0.05, 0) is 48.9 Å². The fourth-order valence-electron chi connectivity index (χ4n) is 3.97. The molecule has 166 valence electrons. The predicted octanol–water partition coefficient (Wildman–Crippen LogP) is 5.65. The molecular formula is C25H30ClNO4. The highest BCUT2D eigenvalue weighted by Gasteiger charge is 2.20. The molecule has 1 fully saturated rings. The monoisotopic (exact) mass is 443 g/mol. The molecule has 0 spiro atoms. The van der Waals surface area contributed by atoms with Crippen LogP contribution in [0.4, 0.5) is 5.69 Å². The minimum absolute atomic E-state index is 0.119. The molecule has 0 amide bonds. The first-order valence-corrected chi connectivity index (χ1v) is 11.3. The first kappa shape index (κ1) is 23.1. The summed E-state index contributed by atoms with van der Waals surface area (Å²) < 4.78 is 10.1. The Labute approximate surface area is 189 Å². The molecule has 1 saturated heterocycles. The maximum atomic E-state index is 11.9. The van der Waals surface area contributed by atoms with Crippen LogP contribution in [0.5, 0.6) is 0 Å². The van der Waals surface area contributed by atoms with E-state index >= 15 is 0 Å². The number of esters is 2. The average molecular weight is 444 g/mol. The van der Waals surface area contributed by atoms with Crippen LogP contribution >= 0.6 is 11.6 Å². The standard InChI is InChI=1S/C25H30ClNO4/c1-30-25(29)22-12-11-21(17-23(22)26)27-15-13-19(14-16-27)7-5-6-10-24(28)31-18-20-8-3-2-4-9-20/h2-4,8-9,11-12,17,19H,5-7,10,13-16,18H2,1H3. The van der Waals surface area contributed by atoms with E-state index in [-0.39, 0.29) is 5.97 Å². The molecule has 5 nitrogen and oxygen atoms in total. The molecule has 2 aromatic carbocycles. The minimum atomic E-state index is -0.417. The topological polar surface area (TPSA) is 55.8 Å². The lowest BCUT2D eigenvalue weighted by molar-refractivity contribution is -0.145. The quantitative estimate of drug-likeness (QED) is 0.370. The first-order valence-electron chi connectivity index (χ1n) is 10.9. The zero-order valence-electron chi connectivity index (χ0n) is 18.0. The zero-order chi connectivity index (χ0) is 22.1. The summed E-state index contributed by atoms with van der Waals surface area (Å²) in [6.07, 6.45) is 5.78. The number of unbranched alkanes of at least 4 members (excludes halogenated alkanes) is 1. The van der Waals surface area contributed by atoms with Crippen molar-refractivity contribution in [2.75, 3.05) is 25.1 Å². The molecule has 1 aliphatic rings. The zero-order valence-corrected chi connectivity index (χ0v) is 18.8. The van der Waals surface area contributed by atoms with Gasteiger partial charge in [0.05, 0.1) is 17.7 Å². The predicted molar refractivity (Wildman–Crippen MR) is 122 cm³/mol. The van der Waals surface area contributed by atoms with Gasteiger partial charge in [-0.15, -0.1) is 0 Å². The van der Waals surface area contributed by atoms with Gasteiger partial charge in [0.25, 0.3) is 0 Å². The van der Waals surface area contributed by atoms with Crippen LogP contribution in [0.3, 0.4) is 0 Å². The summed E-state index contributed by atoms with van der Waals surface area (Å²) in [5, 5.41) is 0.422. The summed E-state index contributed by atoms with van der Waals surface area (Å²) in [7, 11) is 1.35. The molecule has 0 saturated carbocycles. The fraction of sp³-hybridized carbons (Fsp3) is 0.440. The van der Waals surface area contributed by atoms with E-state index in [9.17, 15) is 9.59 Å². The molecular weight excluding hydrogens is 414 g/mol. The summed E-state index contributed by atoms with van der Waals surface area (Å²) >= 11 is 6.25. The lowest BCUT2D eigenvalue weighted by atomic mass is 9.91. The number of rotatable bonds is 9. The van der Waals surface area contributed by atoms with E-state index in [1.807, 2.05) is 42.5 Å². The Morgan fingerprint density at radius 1 is 1.06 bits per heavy atom. The third-order valence-electron chi connectivity index (χ3n) is 5.82. The second-order valence-electron chi connectivity index (χ2n) is 7.98.